The summed E-state index contributed by atoms with van der Waals surface area (Å²) in [5, 5.41) is 9.56. The molecule has 0 aliphatic rings. The van der Waals surface area contributed by atoms with Gasteiger partial charge in [0.25, 0.3) is 0 Å². The van der Waals surface area contributed by atoms with Crippen LogP contribution in [-0.2, 0) is 16.9 Å². The minimum Gasteiger partial charge on any atom is -0.384 e. The number of thioether (sulfide) groups is 1. The number of rotatable bonds is 6. The summed E-state index contributed by atoms with van der Waals surface area (Å²) in [6.07, 6.45) is 2.22. The summed E-state index contributed by atoms with van der Waals surface area (Å²) < 4.78 is 6.43. The number of nitrogen functional groups attached to an aromatic ring is 1. The number of nitrogens with two attached hydrogens (primary N) is 1. The lowest BCUT2D eigenvalue weighted by atomic mass is 10.4. The van der Waals surface area contributed by atoms with Crippen LogP contribution in [0, 0.1) is 0 Å². The van der Waals surface area contributed by atoms with Crippen molar-refractivity contribution < 1.29 is 4.74 Å². The van der Waals surface area contributed by atoms with Crippen molar-refractivity contribution in [2.45, 2.75) is 17.3 Å². The Labute approximate surface area is 130 Å². The third-order valence-electron chi connectivity index (χ3n) is 2.52. The highest BCUT2D eigenvalue weighted by Crippen LogP contribution is 2.28. The molecule has 0 unspecified atom stereocenters. The van der Waals surface area contributed by atoms with Gasteiger partial charge in [0.05, 0.1) is 22.3 Å². The van der Waals surface area contributed by atoms with Crippen LogP contribution in [0.25, 0.3) is 0 Å². The zero-order chi connectivity index (χ0) is 14.5. The van der Waals surface area contributed by atoms with Gasteiger partial charge in [-0.05, 0) is 6.07 Å². The van der Waals surface area contributed by atoms with E-state index in [2.05, 4.69) is 15.2 Å². The summed E-state index contributed by atoms with van der Waals surface area (Å²) >= 11 is 13.4. The fourth-order valence-corrected chi connectivity index (χ4v) is 2.71. The predicted octanol–water partition coefficient (Wildman–Crippen LogP) is 2.17. The zero-order valence-electron chi connectivity index (χ0n) is 10.7. The molecule has 0 saturated carbocycles. The van der Waals surface area contributed by atoms with Gasteiger partial charge in [0.15, 0.2) is 5.82 Å². The number of halogens is 2. The molecule has 9 heteroatoms. The van der Waals surface area contributed by atoms with Crippen LogP contribution in [0.5, 0.6) is 0 Å². The molecule has 6 nitrogen and oxygen atoms in total. The molecule has 2 aromatic heterocycles. The van der Waals surface area contributed by atoms with Crippen LogP contribution in [0.15, 0.2) is 17.4 Å². The van der Waals surface area contributed by atoms with Crippen LogP contribution in [0.1, 0.15) is 11.5 Å². The topological polar surface area (TPSA) is 78.9 Å². The van der Waals surface area contributed by atoms with Gasteiger partial charge < -0.3 is 10.6 Å². The third kappa shape index (κ3) is 3.54. The maximum atomic E-state index is 6.07. The van der Waals surface area contributed by atoms with Crippen molar-refractivity contribution in [1.29, 1.82) is 0 Å². The molecular weight excluding hydrogens is 321 g/mol. The molecule has 0 saturated heterocycles. The smallest absolute Gasteiger partial charge is 0.210 e. The Morgan fingerprint density at radius 1 is 1.40 bits per heavy atom. The average molecular weight is 334 g/mol. The molecule has 0 fully saturated rings. The number of hydrogen-bond donors (Lipinski definition) is 1. The summed E-state index contributed by atoms with van der Waals surface area (Å²) in [5.41, 5.74) is 0.686. The highest BCUT2D eigenvalue weighted by atomic mass is 35.5. The number of nitrogens with zero attached hydrogens (tertiary/aromatic N) is 4. The SMILES string of the molecule is COCCc1nnc(SCc2nccc(Cl)c2Cl)n1N. The van der Waals surface area contributed by atoms with Crippen LogP contribution in [0.4, 0.5) is 0 Å². The van der Waals surface area contributed by atoms with E-state index < -0.39 is 0 Å². The Balaban J connectivity index is 2.04. The Bertz CT molecular complexity index is 592. The van der Waals surface area contributed by atoms with Crippen LogP contribution in [-0.4, -0.2) is 33.6 Å². The largest absolute Gasteiger partial charge is 0.384 e. The van der Waals surface area contributed by atoms with Gasteiger partial charge in [-0.15, -0.1) is 10.2 Å². The van der Waals surface area contributed by atoms with Gasteiger partial charge >= 0.3 is 0 Å². The molecule has 0 aliphatic carbocycles. The molecular formula is C11H13Cl2N5OS. The maximum absolute atomic E-state index is 6.07. The quantitative estimate of drug-likeness (QED) is 0.644. The third-order valence-corrected chi connectivity index (χ3v) is 4.30. The van der Waals surface area contributed by atoms with Crippen molar-refractivity contribution in [3.8, 4) is 0 Å². The molecule has 0 atom stereocenters. The van der Waals surface area contributed by atoms with Gasteiger partial charge in [-0.1, -0.05) is 35.0 Å². The fraction of sp³-hybridized carbons (Fsp3) is 0.364. The Hall–Kier alpha value is -1.02. The van der Waals surface area contributed by atoms with E-state index in [1.54, 1.807) is 19.4 Å². The minimum absolute atomic E-state index is 0.448. The van der Waals surface area contributed by atoms with Crippen molar-refractivity contribution >= 4 is 35.0 Å². The van der Waals surface area contributed by atoms with Crippen molar-refractivity contribution in [3.05, 3.63) is 33.8 Å². The van der Waals surface area contributed by atoms with Gasteiger partial charge in [-0.2, -0.15) is 0 Å². The first-order valence-corrected chi connectivity index (χ1v) is 7.47. The molecule has 2 rings (SSSR count). The number of methoxy groups -OCH3 is 1. The van der Waals surface area contributed by atoms with Crippen LogP contribution in [0.3, 0.4) is 0 Å². The van der Waals surface area contributed by atoms with Crippen molar-refractivity contribution in [3.63, 3.8) is 0 Å². The second-order valence-electron chi connectivity index (χ2n) is 3.85. The number of ether oxygens (including phenoxy) is 1. The number of aromatic nitrogens is 4. The fourth-order valence-electron chi connectivity index (χ4n) is 1.46. The first-order chi connectivity index (χ1) is 9.63. The summed E-state index contributed by atoms with van der Waals surface area (Å²) in [5.74, 6) is 7.09. The molecule has 20 heavy (non-hydrogen) atoms. The summed E-state index contributed by atoms with van der Waals surface area (Å²) in [6.45, 7) is 0.543. The van der Waals surface area contributed by atoms with Gasteiger partial charge in [-0.25, -0.2) is 4.68 Å². The van der Waals surface area contributed by atoms with E-state index in [4.69, 9.17) is 33.8 Å². The van der Waals surface area contributed by atoms with Crippen molar-refractivity contribution in [2.24, 2.45) is 0 Å². The Kier molecular flexibility index (Phi) is 5.47. The normalized spacial score (nSPS) is 10.9. The molecule has 108 valence electrons. The van der Waals surface area contributed by atoms with Gasteiger partial charge in [-0.3, -0.25) is 4.98 Å². The van der Waals surface area contributed by atoms with E-state index in [1.807, 2.05) is 0 Å². The van der Waals surface area contributed by atoms with Crippen LogP contribution < -0.4 is 5.84 Å². The van der Waals surface area contributed by atoms with E-state index >= 15 is 0 Å². The van der Waals surface area contributed by atoms with E-state index in [0.29, 0.717) is 45.5 Å². The van der Waals surface area contributed by atoms with Crippen LogP contribution >= 0.6 is 35.0 Å². The molecule has 0 radical (unpaired) electrons. The lowest BCUT2D eigenvalue weighted by Crippen LogP contribution is -2.15. The molecule has 0 bridgehead atoms. The van der Waals surface area contributed by atoms with Crippen molar-refractivity contribution in [2.75, 3.05) is 19.6 Å². The van der Waals surface area contributed by atoms with Crippen LogP contribution in [0.2, 0.25) is 10.0 Å². The lowest BCUT2D eigenvalue weighted by Gasteiger charge is -2.05. The molecule has 2 heterocycles. The predicted molar refractivity (Wildman–Crippen MR) is 79.6 cm³/mol. The summed E-state index contributed by atoms with van der Waals surface area (Å²) in [7, 11) is 1.62. The summed E-state index contributed by atoms with van der Waals surface area (Å²) in [6, 6.07) is 1.65. The van der Waals surface area contributed by atoms with Crippen molar-refractivity contribution in [1.82, 2.24) is 19.9 Å². The molecule has 2 N–H and O–H groups in total. The second kappa shape index (κ2) is 7.12. The second-order valence-corrected chi connectivity index (χ2v) is 5.58. The minimum atomic E-state index is 0.448. The number of pyridine rings is 1. The summed E-state index contributed by atoms with van der Waals surface area (Å²) in [4.78, 5) is 4.18. The molecule has 0 aliphatic heterocycles. The Morgan fingerprint density at radius 3 is 2.95 bits per heavy atom. The first kappa shape index (κ1) is 15.4. The van der Waals surface area contributed by atoms with E-state index in [1.165, 1.54) is 16.4 Å². The zero-order valence-corrected chi connectivity index (χ0v) is 13.0. The molecule has 0 spiro atoms. The highest BCUT2D eigenvalue weighted by molar-refractivity contribution is 7.98. The maximum Gasteiger partial charge on any atom is 0.210 e. The van der Waals surface area contributed by atoms with E-state index in [-0.39, 0.29) is 0 Å². The van der Waals surface area contributed by atoms with E-state index in [9.17, 15) is 0 Å². The first-order valence-electron chi connectivity index (χ1n) is 5.73. The Morgan fingerprint density at radius 2 is 2.20 bits per heavy atom. The van der Waals surface area contributed by atoms with E-state index in [0.717, 1.165) is 0 Å². The molecule has 0 aromatic carbocycles. The standard InChI is InChI=1S/C11H13Cl2N5OS/c1-19-5-3-9-16-17-11(18(9)14)20-6-8-10(13)7(12)2-4-15-8/h2,4H,3,5-6,14H2,1H3. The van der Waals surface area contributed by atoms with Gasteiger partial charge in [0, 0.05) is 25.5 Å². The average Bonchev–Trinajstić information content (AvgIpc) is 2.79. The molecule has 0 amide bonds. The monoisotopic (exact) mass is 333 g/mol. The molecule has 2 aromatic rings. The lowest BCUT2D eigenvalue weighted by molar-refractivity contribution is 0.200. The number of hydrogen-bond acceptors (Lipinski definition) is 6. The van der Waals surface area contributed by atoms with Gasteiger partial charge in [0.2, 0.25) is 5.16 Å². The highest BCUT2D eigenvalue weighted by Gasteiger charge is 2.12. The van der Waals surface area contributed by atoms with Gasteiger partial charge in [0.1, 0.15) is 0 Å².